The van der Waals surface area contributed by atoms with Gasteiger partial charge in [-0.25, -0.2) is 0 Å². The fourth-order valence-electron chi connectivity index (χ4n) is 2.20. The van der Waals surface area contributed by atoms with Crippen LogP contribution in [0, 0.1) is 4.77 Å². The summed E-state index contributed by atoms with van der Waals surface area (Å²) in [5, 5.41) is 9.24. The first kappa shape index (κ1) is 19.0. The molecule has 0 saturated heterocycles. The van der Waals surface area contributed by atoms with Crippen LogP contribution in [-0.2, 0) is 24.3 Å². The molecule has 25 heavy (non-hydrogen) atoms. The lowest BCUT2D eigenvalue weighted by atomic mass is 10.2. The van der Waals surface area contributed by atoms with E-state index in [1.807, 2.05) is 6.92 Å². The summed E-state index contributed by atoms with van der Waals surface area (Å²) in [7, 11) is 0. The van der Waals surface area contributed by atoms with Gasteiger partial charge in [0.05, 0.1) is 0 Å². The van der Waals surface area contributed by atoms with Crippen molar-refractivity contribution in [1.29, 1.82) is 0 Å². The number of H-pyrrole nitrogens is 1. The standard InChI is InChI=1S/C15H17F3N4O2S/c1-2-5-12-20-21-14(25)22(12)9-13(23)19-8-10-6-3-4-7-11(10)24-15(16,17)18/h3-4,6-7H,2,5,8-9H2,1H3,(H,19,23)(H,21,25). The average Bonchev–Trinajstić information content (AvgIpc) is 2.86. The second kappa shape index (κ2) is 8.15. The lowest BCUT2D eigenvalue weighted by Gasteiger charge is -2.14. The van der Waals surface area contributed by atoms with Crippen LogP contribution in [0.25, 0.3) is 0 Å². The van der Waals surface area contributed by atoms with E-state index in [1.54, 1.807) is 10.6 Å². The summed E-state index contributed by atoms with van der Waals surface area (Å²) in [4.78, 5) is 12.1. The Bertz CT molecular complexity index is 786. The molecule has 0 spiro atoms. The fourth-order valence-corrected chi connectivity index (χ4v) is 2.41. The highest BCUT2D eigenvalue weighted by molar-refractivity contribution is 7.71. The molecule has 0 radical (unpaired) electrons. The minimum absolute atomic E-state index is 0.0625. The molecule has 1 heterocycles. The monoisotopic (exact) mass is 374 g/mol. The smallest absolute Gasteiger partial charge is 0.405 e. The number of rotatable bonds is 7. The van der Waals surface area contributed by atoms with Crippen LogP contribution in [0.15, 0.2) is 24.3 Å². The topological polar surface area (TPSA) is 71.9 Å². The number of para-hydroxylation sites is 1. The van der Waals surface area contributed by atoms with Gasteiger partial charge in [0, 0.05) is 18.5 Å². The minimum Gasteiger partial charge on any atom is -0.405 e. The molecule has 0 saturated carbocycles. The van der Waals surface area contributed by atoms with Crippen LogP contribution in [0.5, 0.6) is 5.75 Å². The van der Waals surface area contributed by atoms with Crippen molar-refractivity contribution in [1.82, 2.24) is 20.1 Å². The van der Waals surface area contributed by atoms with Gasteiger partial charge in [-0.05, 0) is 24.7 Å². The zero-order chi connectivity index (χ0) is 18.4. The maximum absolute atomic E-state index is 12.4. The Balaban J connectivity index is 2.02. The van der Waals surface area contributed by atoms with Crippen molar-refractivity contribution >= 4 is 18.1 Å². The Kier molecular flexibility index (Phi) is 6.18. The average molecular weight is 374 g/mol. The summed E-state index contributed by atoms with van der Waals surface area (Å²) in [6, 6.07) is 5.64. The summed E-state index contributed by atoms with van der Waals surface area (Å²) >= 11 is 5.08. The van der Waals surface area contributed by atoms with E-state index in [2.05, 4.69) is 20.3 Å². The van der Waals surface area contributed by atoms with Crippen molar-refractivity contribution in [2.75, 3.05) is 0 Å². The molecule has 136 valence electrons. The number of halogens is 3. The predicted octanol–water partition coefficient (Wildman–Crippen LogP) is 3.11. The molecule has 0 atom stereocenters. The zero-order valence-electron chi connectivity index (χ0n) is 13.4. The number of aromatic nitrogens is 3. The number of amides is 1. The summed E-state index contributed by atoms with van der Waals surface area (Å²) in [6.45, 7) is 1.81. The first-order chi connectivity index (χ1) is 11.8. The lowest BCUT2D eigenvalue weighted by Crippen LogP contribution is -2.28. The zero-order valence-corrected chi connectivity index (χ0v) is 14.2. The normalized spacial score (nSPS) is 11.4. The highest BCUT2D eigenvalue weighted by Gasteiger charge is 2.31. The largest absolute Gasteiger partial charge is 0.573 e. The number of aromatic amines is 1. The number of hydrogen-bond acceptors (Lipinski definition) is 4. The third kappa shape index (κ3) is 5.59. The van der Waals surface area contributed by atoms with E-state index in [1.165, 1.54) is 18.2 Å². The van der Waals surface area contributed by atoms with Gasteiger partial charge in [-0.3, -0.25) is 14.5 Å². The lowest BCUT2D eigenvalue weighted by molar-refractivity contribution is -0.274. The van der Waals surface area contributed by atoms with Gasteiger partial charge in [0.2, 0.25) is 5.91 Å². The molecule has 0 fully saturated rings. The van der Waals surface area contributed by atoms with E-state index in [4.69, 9.17) is 12.2 Å². The van der Waals surface area contributed by atoms with Gasteiger partial charge in [-0.15, -0.1) is 13.2 Å². The first-order valence-corrected chi connectivity index (χ1v) is 7.95. The molecule has 10 heteroatoms. The fraction of sp³-hybridized carbons (Fsp3) is 0.400. The molecular formula is C15H17F3N4O2S. The highest BCUT2D eigenvalue weighted by atomic mass is 32.1. The molecule has 2 N–H and O–H groups in total. The SMILES string of the molecule is CCCc1n[nH]c(=S)n1CC(=O)NCc1ccccc1OC(F)(F)F. The molecular weight excluding hydrogens is 357 g/mol. The van der Waals surface area contributed by atoms with Gasteiger partial charge in [0.1, 0.15) is 18.1 Å². The highest BCUT2D eigenvalue weighted by Crippen LogP contribution is 2.26. The molecule has 0 aliphatic rings. The summed E-state index contributed by atoms with van der Waals surface area (Å²) in [5.74, 6) is -0.0815. The second-order valence-corrected chi connectivity index (χ2v) is 5.60. The number of alkyl halides is 3. The Morgan fingerprint density at radius 1 is 1.40 bits per heavy atom. The van der Waals surface area contributed by atoms with E-state index in [9.17, 15) is 18.0 Å². The maximum atomic E-state index is 12.4. The van der Waals surface area contributed by atoms with Crippen molar-refractivity contribution in [2.24, 2.45) is 0 Å². The van der Waals surface area contributed by atoms with Gasteiger partial charge in [-0.1, -0.05) is 25.1 Å². The van der Waals surface area contributed by atoms with Crippen LogP contribution >= 0.6 is 12.2 Å². The van der Waals surface area contributed by atoms with Crippen molar-refractivity contribution in [3.05, 3.63) is 40.4 Å². The molecule has 1 aromatic carbocycles. The maximum Gasteiger partial charge on any atom is 0.573 e. The van der Waals surface area contributed by atoms with Crippen molar-refractivity contribution < 1.29 is 22.7 Å². The quantitative estimate of drug-likeness (QED) is 0.731. The third-order valence-electron chi connectivity index (χ3n) is 3.29. The molecule has 0 aliphatic carbocycles. The van der Waals surface area contributed by atoms with E-state index < -0.39 is 12.3 Å². The molecule has 2 rings (SSSR count). The number of benzene rings is 1. The van der Waals surface area contributed by atoms with Crippen LogP contribution in [0.1, 0.15) is 24.7 Å². The number of aryl methyl sites for hydroxylation is 1. The Morgan fingerprint density at radius 2 is 2.12 bits per heavy atom. The van der Waals surface area contributed by atoms with E-state index in [0.717, 1.165) is 6.42 Å². The Morgan fingerprint density at radius 3 is 2.80 bits per heavy atom. The van der Waals surface area contributed by atoms with Crippen molar-refractivity contribution in [3.63, 3.8) is 0 Å². The van der Waals surface area contributed by atoms with Crippen LogP contribution in [0.2, 0.25) is 0 Å². The Labute approximate surface area is 147 Å². The minimum atomic E-state index is -4.79. The molecule has 1 amide bonds. The third-order valence-corrected chi connectivity index (χ3v) is 3.60. The summed E-state index contributed by atoms with van der Waals surface area (Å²) in [5.41, 5.74) is 0.220. The predicted molar refractivity (Wildman–Crippen MR) is 86.4 cm³/mol. The van der Waals surface area contributed by atoms with Crippen LogP contribution in [0.3, 0.4) is 0 Å². The first-order valence-electron chi connectivity index (χ1n) is 7.54. The molecule has 0 bridgehead atoms. The number of hydrogen-bond donors (Lipinski definition) is 2. The van der Waals surface area contributed by atoms with E-state index >= 15 is 0 Å². The van der Waals surface area contributed by atoms with Gasteiger partial charge < -0.3 is 10.1 Å². The number of carbonyl (C=O) groups is 1. The molecule has 2 aromatic rings. The Hall–Kier alpha value is -2.36. The summed E-state index contributed by atoms with van der Waals surface area (Å²) < 4.78 is 43.0. The van der Waals surface area contributed by atoms with Crippen LogP contribution in [0.4, 0.5) is 13.2 Å². The number of ether oxygens (including phenoxy) is 1. The molecule has 0 aliphatic heterocycles. The number of nitrogens with zero attached hydrogens (tertiary/aromatic N) is 2. The summed E-state index contributed by atoms with van der Waals surface area (Å²) in [6.07, 6.45) is -3.30. The second-order valence-electron chi connectivity index (χ2n) is 5.21. The molecule has 1 aromatic heterocycles. The number of nitrogens with one attached hydrogen (secondary N) is 2. The van der Waals surface area contributed by atoms with Gasteiger partial charge in [0.15, 0.2) is 4.77 Å². The van der Waals surface area contributed by atoms with Gasteiger partial charge in [-0.2, -0.15) is 5.10 Å². The van der Waals surface area contributed by atoms with E-state index in [-0.39, 0.29) is 24.4 Å². The van der Waals surface area contributed by atoms with Crippen molar-refractivity contribution in [3.8, 4) is 5.75 Å². The van der Waals surface area contributed by atoms with Crippen LogP contribution < -0.4 is 10.1 Å². The van der Waals surface area contributed by atoms with Gasteiger partial charge in [0.25, 0.3) is 0 Å². The van der Waals surface area contributed by atoms with Crippen molar-refractivity contribution in [2.45, 2.75) is 39.2 Å². The van der Waals surface area contributed by atoms with Gasteiger partial charge >= 0.3 is 6.36 Å². The number of carbonyl (C=O) groups excluding carboxylic acids is 1. The molecule has 0 unspecified atom stereocenters. The molecule has 6 nitrogen and oxygen atoms in total. The van der Waals surface area contributed by atoms with Crippen LogP contribution in [-0.4, -0.2) is 27.0 Å². The van der Waals surface area contributed by atoms with E-state index in [0.29, 0.717) is 17.0 Å².